The highest BCUT2D eigenvalue weighted by molar-refractivity contribution is 4.67. The molecular weight excluding hydrogens is 234 g/mol. The van der Waals surface area contributed by atoms with Gasteiger partial charge in [-0.15, -0.1) is 0 Å². The molecule has 1 fully saturated rings. The molecule has 0 spiro atoms. The van der Waals surface area contributed by atoms with Gasteiger partial charge in [-0.3, -0.25) is 0 Å². The Labute approximate surface area is 121 Å². The minimum Gasteiger partial charge on any atom is -0.367 e. The third-order valence-electron chi connectivity index (χ3n) is 4.22. The molecule has 19 heavy (non-hydrogen) atoms. The minimum atomic E-state index is 0.568. The van der Waals surface area contributed by atoms with Crippen LogP contribution in [0.2, 0.25) is 0 Å². The van der Waals surface area contributed by atoms with E-state index in [0.29, 0.717) is 6.10 Å². The highest BCUT2D eigenvalue weighted by atomic mass is 16.6. The first kappa shape index (κ1) is 17.0. The van der Waals surface area contributed by atoms with Crippen LogP contribution >= 0.6 is 0 Å². The van der Waals surface area contributed by atoms with Crippen LogP contribution in [0.5, 0.6) is 0 Å². The predicted octanol–water partition coefficient (Wildman–Crippen LogP) is 4.38. The number of unbranched alkanes of at least 4 members (excludes halogenated alkanes) is 9. The Morgan fingerprint density at radius 2 is 1.32 bits per heavy atom. The van der Waals surface area contributed by atoms with Crippen molar-refractivity contribution in [2.75, 3.05) is 33.8 Å². The molecule has 1 atom stereocenters. The number of rotatable bonds is 13. The van der Waals surface area contributed by atoms with Gasteiger partial charge in [-0.2, -0.15) is 0 Å². The maximum Gasteiger partial charge on any atom is 0.130 e. The van der Waals surface area contributed by atoms with Crippen molar-refractivity contribution in [3.05, 3.63) is 0 Å². The van der Waals surface area contributed by atoms with E-state index in [-0.39, 0.29) is 0 Å². The van der Waals surface area contributed by atoms with E-state index < -0.39 is 0 Å². The Kier molecular flexibility index (Phi) is 8.72. The number of hydrogen-bond donors (Lipinski definition) is 0. The van der Waals surface area contributed by atoms with Crippen LogP contribution in [-0.4, -0.2) is 44.4 Å². The zero-order valence-electron chi connectivity index (χ0n) is 13.6. The lowest BCUT2D eigenvalue weighted by Crippen LogP contribution is -2.43. The summed E-state index contributed by atoms with van der Waals surface area (Å²) in [5.74, 6) is 0. The van der Waals surface area contributed by atoms with Crippen molar-refractivity contribution in [1.82, 2.24) is 0 Å². The highest BCUT2D eigenvalue weighted by Gasteiger charge is 2.30. The van der Waals surface area contributed by atoms with E-state index in [1.54, 1.807) is 0 Å². The largest absolute Gasteiger partial charge is 0.367 e. The van der Waals surface area contributed by atoms with E-state index in [9.17, 15) is 0 Å². The monoisotopic (exact) mass is 270 g/mol. The van der Waals surface area contributed by atoms with Crippen LogP contribution in [0.1, 0.15) is 71.1 Å². The van der Waals surface area contributed by atoms with E-state index in [1.807, 2.05) is 0 Å². The van der Waals surface area contributed by atoms with E-state index in [2.05, 4.69) is 21.0 Å². The number of hydrogen-bond acceptors (Lipinski definition) is 1. The molecule has 1 saturated heterocycles. The normalized spacial score (nSPS) is 18.8. The maximum absolute atomic E-state index is 5.33. The van der Waals surface area contributed by atoms with Crippen LogP contribution in [0.15, 0.2) is 0 Å². The van der Waals surface area contributed by atoms with E-state index in [1.165, 1.54) is 77.3 Å². The van der Waals surface area contributed by atoms with Gasteiger partial charge >= 0.3 is 0 Å². The fourth-order valence-electron chi connectivity index (χ4n) is 2.84. The summed E-state index contributed by atoms with van der Waals surface area (Å²) in [6, 6.07) is 0. The molecule has 1 aliphatic rings. The van der Waals surface area contributed by atoms with E-state index in [0.717, 1.165) is 11.1 Å². The lowest BCUT2D eigenvalue weighted by Gasteiger charge is -2.29. The number of epoxide rings is 1. The average Bonchev–Trinajstić information content (AvgIpc) is 3.14. The van der Waals surface area contributed by atoms with Crippen LogP contribution in [0.3, 0.4) is 0 Å². The molecule has 0 bridgehead atoms. The van der Waals surface area contributed by atoms with Gasteiger partial charge in [-0.25, -0.2) is 0 Å². The Hall–Kier alpha value is -0.0800. The Balaban J connectivity index is 1.80. The van der Waals surface area contributed by atoms with Gasteiger partial charge in [0.2, 0.25) is 0 Å². The van der Waals surface area contributed by atoms with E-state index >= 15 is 0 Å². The molecule has 2 nitrogen and oxygen atoms in total. The van der Waals surface area contributed by atoms with E-state index in [4.69, 9.17) is 4.74 Å². The molecule has 0 radical (unpaired) electrons. The van der Waals surface area contributed by atoms with Gasteiger partial charge in [-0.05, 0) is 12.8 Å². The first-order valence-corrected chi connectivity index (χ1v) is 8.57. The zero-order chi connectivity index (χ0) is 14.0. The molecule has 1 rings (SSSR count). The van der Waals surface area contributed by atoms with Crippen LogP contribution in [-0.2, 0) is 4.74 Å². The molecule has 0 aromatic carbocycles. The van der Waals surface area contributed by atoms with Gasteiger partial charge in [0.25, 0.3) is 0 Å². The quantitative estimate of drug-likeness (QED) is 0.275. The predicted molar refractivity (Wildman–Crippen MR) is 83.4 cm³/mol. The summed E-state index contributed by atoms with van der Waals surface area (Å²) in [6.07, 6.45) is 14.9. The molecule has 0 saturated carbocycles. The third kappa shape index (κ3) is 10.4. The lowest BCUT2D eigenvalue weighted by molar-refractivity contribution is -0.891. The second-order valence-electron chi connectivity index (χ2n) is 6.98. The topological polar surface area (TPSA) is 12.5 Å². The fourth-order valence-corrected chi connectivity index (χ4v) is 2.84. The summed E-state index contributed by atoms with van der Waals surface area (Å²) in [5.41, 5.74) is 0. The number of quaternary nitrogens is 1. The highest BCUT2D eigenvalue weighted by Crippen LogP contribution is 2.16. The molecule has 0 N–H and O–H groups in total. The van der Waals surface area contributed by atoms with Crippen molar-refractivity contribution >= 4 is 0 Å². The van der Waals surface area contributed by atoms with Crippen molar-refractivity contribution in [2.24, 2.45) is 0 Å². The number of ether oxygens (including phenoxy) is 1. The van der Waals surface area contributed by atoms with Gasteiger partial charge < -0.3 is 9.22 Å². The molecule has 0 aliphatic carbocycles. The van der Waals surface area contributed by atoms with Crippen LogP contribution in [0.25, 0.3) is 0 Å². The summed E-state index contributed by atoms with van der Waals surface area (Å²) in [6.45, 7) is 5.81. The molecule has 0 amide bonds. The van der Waals surface area contributed by atoms with Crippen molar-refractivity contribution in [3.8, 4) is 0 Å². The second-order valence-corrected chi connectivity index (χ2v) is 6.98. The molecule has 1 heterocycles. The van der Waals surface area contributed by atoms with Gasteiger partial charge in [0.05, 0.1) is 27.2 Å². The fraction of sp³-hybridized carbons (Fsp3) is 1.00. The zero-order valence-corrected chi connectivity index (χ0v) is 13.6. The SMILES string of the molecule is CCCCCCCCCCCC[N+](C)(C)C[C@@H]1CO1. The minimum absolute atomic E-state index is 0.568. The summed E-state index contributed by atoms with van der Waals surface area (Å²) in [7, 11) is 4.69. The van der Waals surface area contributed by atoms with Gasteiger partial charge in [-0.1, -0.05) is 58.3 Å². The van der Waals surface area contributed by atoms with Crippen molar-refractivity contribution in [1.29, 1.82) is 0 Å². The van der Waals surface area contributed by atoms with Crippen LogP contribution in [0.4, 0.5) is 0 Å². The maximum atomic E-state index is 5.33. The molecule has 0 aromatic heterocycles. The van der Waals surface area contributed by atoms with Crippen LogP contribution in [0, 0.1) is 0 Å². The first-order chi connectivity index (χ1) is 9.14. The molecule has 2 heteroatoms. The number of nitrogens with zero attached hydrogens (tertiary/aromatic N) is 1. The standard InChI is InChI=1S/C17H36NO/c1-4-5-6-7-8-9-10-11-12-13-14-18(2,3)15-17-16-19-17/h17H,4-16H2,1-3H3/q+1/t17-/m1/s1. The van der Waals surface area contributed by atoms with Crippen molar-refractivity contribution in [3.63, 3.8) is 0 Å². The molecule has 114 valence electrons. The summed E-state index contributed by atoms with van der Waals surface area (Å²) < 4.78 is 6.47. The first-order valence-electron chi connectivity index (χ1n) is 8.57. The second kappa shape index (κ2) is 9.77. The Morgan fingerprint density at radius 3 is 1.79 bits per heavy atom. The molecule has 0 aromatic rings. The van der Waals surface area contributed by atoms with Crippen molar-refractivity contribution in [2.45, 2.75) is 77.2 Å². The lowest BCUT2D eigenvalue weighted by atomic mass is 10.1. The molecule has 0 unspecified atom stereocenters. The summed E-state index contributed by atoms with van der Waals surface area (Å²) >= 11 is 0. The van der Waals surface area contributed by atoms with Gasteiger partial charge in [0, 0.05) is 0 Å². The smallest absolute Gasteiger partial charge is 0.130 e. The Morgan fingerprint density at radius 1 is 0.842 bits per heavy atom. The summed E-state index contributed by atoms with van der Waals surface area (Å²) in [5, 5.41) is 0. The number of likely N-dealkylation sites (N-methyl/N-ethyl adjacent to an activating group) is 1. The molecule has 1 aliphatic heterocycles. The third-order valence-corrected chi connectivity index (χ3v) is 4.22. The summed E-state index contributed by atoms with van der Waals surface area (Å²) in [4.78, 5) is 0. The van der Waals surface area contributed by atoms with Crippen molar-refractivity contribution < 1.29 is 9.22 Å². The van der Waals surface area contributed by atoms with Gasteiger partial charge in [0.15, 0.2) is 0 Å². The van der Waals surface area contributed by atoms with Gasteiger partial charge in [0.1, 0.15) is 12.6 Å². The Bertz CT molecular complexity index is 211. The molecular formula is C17H36NO+. The average molecular weight is 270 g/mol. The van der Waals surface area contributed by atoms with Crippen LogP contribution < -0.4 is 0 Å².